The van der Waals surface area contributed by atoms with Gasteiger partial charge in [-0.2, -0.15) is 0 Å². The van der Waals surface area contributed by atoms with Crippen LogP contribution in [0.2, 0.25) is 0 Å². The zero-order chi connectivity index (χ0) is 31.9. The maximum atomic E-state index is 13.6. The smallest absolute Gasteiger partial charge is 0.407 e. The van der Waals surface area contributed by atoms with E-state index in [0.717, 1.165) is 16.7 Å². The van der Waals surface area contributed by atoms with E-state index in [1.165, 1.54) is 0 Å². The molecule has 2 aromatic rings. The van der Waals surface area contributed by atoms with Gasteiger partial charge in [0.05, 0.1) is 24.6 Å². The number of alkyl carbamates (subject to hydrolysis) is 1. The lowest BCUT2D eigenvalue weighted by atomic mass is 9.92. The van der Waals surface area contributed by atoms with Gasteiger partial charge in [-0.15, -0.1) is 0 Å². The summed E-state index contributed by atoms with van der Waals surface area (Å²) in [5.41, 5.74) is 3.08. The molecular formula is C35H45N3O7. The highest BCUT2D eigenvalue weighted by molar-refractivity contribution is 5.86. The second-order valence-electron chi connectivity index (χ2n) is 11.7. The fraction of sp³-hybridized carbons (Fsp3) is 0.486. The maximum Gasteiger partial charge on any atom is 0.407 e. The highest BCUT2D eigenvalue weighted by Crippen LogP contribution is 2.25. The summed E-state index contributed by atoms with van der Waals surface area (Å²) in [6.45, 7) is 0.888. The van der Waals surface area contributed by atoms with Gasteiger partial charge in [0.1, 0.15) is 13.2 Å². The molecule has 0 saturated heterocycles. The van der Waals surface area contributed by atoms with E-state index in [1.807, 2.05) is 66.7 Å². The van der Waals surface area contributed by atoms with E-state index in [4.69, 9.17) is 9.47 Å². The van der Waals surface area contributed by atoms with Crippen LogP contribution >= 0.6 is 0 Å². The van der Waals surface area contributed by atoms with Crippen LogP contribution < -0.4 is 10.6 Å². The number of cyclic esters (lactones) is 1. The lowest BCUT2D eigenvalue weighted by Crippen LogP contribution is -2.48. The van der Waals surface area contributed by atoms with Crippen molar-refractivity contribution in [3.63, 3.8) is 0 Å². The Labute approximate surface area is 265 Å². The summed E-state index contributed by atoms with van der Waals surface area (Å²) in [5, 5.41) is 15.8. The van der Waals surface area contributed by atoms with Crippen molar-refractivity contribution in [2.24, 2.45) is 5.92 Å². The summed E-state index contributed by atoms with van der Waals surface area (Å²) in [6, 6.07) is 16.6. The van der Waals surface area contributed by atoms with E-state index >= 15 is 0 Å². The molecule has 0 spiro atoms. The molecule has 0 fully saturated rings. The Morgan fingerprint density at radius 2 is 1.80 bits per heavy atom. The molecule has 0 radical (unpaired) electrons. The van der Waals surface area contributed by atoms with Crippen molar-refractivity contribution < 1.29 is 33.8 Å². The first-order valence-corrected chi connectivity index (χ1v) is 16.0. The minimum atomic E-state index is -0.606. The lowest BCUT2D eigenvalue weighted by Gasteiger charge is -2.36. The van der Waals surface area contributed by atoms with Crippen molar-refractivity contribution >= 4 is 23.9 Å². The molecule has 4 rings (SSSR count). The molecule has 3 atom stereocenters. The summed E-state index contributed by atoms with van der Waals surface area (Å²) in [5.74, 6) is -1.36. The first-order valence-electron chi connectivity index (χ1n) is 16.0. The van der Waals surface area contributed by atoms with E-state index in [9.17, 15) is 24.3 Å². The first kappa shape index (κ1) is 33.7. The number of amides is 3. The van der Waals surface area contributed by atoms with Crippen molar-refractivity contribution in [2.75, 3.05) is 19.8 Å². The molecule has 0 saturated carbocycles. The highest BCUT2D eigenvalue weighted by Gasteiger charge is 2.32. The number of esters is 1. The Morgan fingerprint density at radius 1 is 1.02 bits per heavy atom. The average molecular weight is 620 g/mol. The molecule has 2 aromatic carbocycles. The fourth-order valence-corrected chi connectivity index (χ4v) is 5.66. The van der Waals surface area contributed by atoms with Crippen LogP contribution in [0.25, 0.3) is 0 Å². The second kappa shape index (κ2) is 17.9. The number of carbonyl (C=O) groups excluding carboxylic acids is 4. The van der Waals surface area contributed by atoms with Crippen molar-refractivity contribution in [1.82, 2.24) is 15.5 Å². The van der Waals surface area contributed by atoms with Crippen molar-refractivity contribution in [1.29, 1.82) is 0 Å². The Hall–Kier alpha value is -4.18. The molecule has 3 amide bonds. The van der Waals surface area contributed by atoms with Crippen LogP contribution in [0.15, 0.2) is 66.7 Å². The van der Waals surface area contributed by atoms with E-state index in [-0.39, 0.29) is 50.1 Å². The van der Waals surface area contributed by atoms with Gasteiger partial charge in [0.25, 0.3) is 0 Å². The molecule has 0 unspecified atom stereocenters. The summed E-state index contributed by atoms with van der Waals surface area (Å²) in [6.07, 6.45) is 7.78. The van der Waals surface area contributed by atoms with Crippen molar-refractivity contribution in [2.45, 2.75) is 83.0 Å². The summed E-state index contributed by atoms with van der Waals surface area (Å²) >= 11 is 0. The van der Waals surface area contributed by atoms with E-state index < -0.39 is 18.1 Å². The van der Waals surface area contributed by atoms with Crippen LogP contribution in [-0.4, -0.2) is 65.7 Å². The molecule has 10 nitrogen and oxygen atoms in total. The van der Waals surface area contributed by atoms with E-state index in [0.29, 0.717) is 64.5 Å². The SMILES string of the molecule is O=C1CCCC=CC[C@H](CC(=O)N2Cc3ccccc3C[C@H]2CO)C(=O)N[C@@H](CCCCNC(=O)OCc2ccccc2)CO1. The number of benzene rings is 2. The average Bonchev–Trinajstić information content (AvgIpc) is 3.07. The number of unbranched alkanes of at least 4 members (excludes halogenated alkanes) is 1. The number of rotatable bonds is 10. The largest absolute Gasteiger partial charge is 0.463 e. The van der Waals surface area contributed by atoms with Gasteiger partial charge in [-0.25, -0.2) is 4.79 Å². The number of nitrogens with one attached hydrogen (secondary N) is 2. The van der Waals surface area contributed by atoms with Crippen molar-refractivity contribution in [3.8, 4) is 0 Å². The molecular weight excluding hydrogens is 574 g/mol. The second-order valence-corrected chi connectivity index (χ2v) is 11.7. The number of nitrogens with zero attached hydrogens (tertiary/aromatic N) is 1. The third-order valence-corrected chi connectivity index (χ3v) is 8.27. The van der Waals surface area contributed by atoms with Gasteiger partial charge in [0.15, 0.2) is 0 Å². The van der Waals surface area contributed by atoms with Crippen LogP contribution in [-0.2, 0) is 43.4 Å². The van der Waals surface area contributed by atoms with Gasteiger partial charge in [0.2, 0.25) is 11.8 Å². The highest BCUT2D eigenvalue weighted by atomic mass is 16.5. The third kappa shape index (κ3) is 11.0. The quantitative estimate of drug-likeness (QED) is 0.206. The standard InChI is InChI=1S/C35H45N3O7/c39-23-31-20-27-14-8-9-16-29(27)22-38(31)32(40)21-28-15-6-1-2-7-18-33(41)44-25-30(37-34(28)42)17-10-11-19-36-35(43)45-24-26-12-4-3-5-13-26/h1,3-6,8-9,12-14,16,28,30-31,39H,2,7,10-11,15,17-25H2,(H,36,43)(H,37,42)/t28-,30+,31+/m1/s1. The van der Waals surface area contributed by atoms with Gasteiger partial charge in [-0.05, 0) is 61.6 Å². The monoisotopic (exact) mass is 619 g/mol. The molecule has 10 heteroatoms. The third-order valence-electron chi connectivity index (χ3n) is 8.27. The van der Waals surface area contributed by atoms with Gasteiger partial charge < -0.3 is 30.1 Å². The van der Waals surface area contributed by atoms with Crippen LogP contribution in [0.4, 0.5) is 4.79 Å². The molecule has 2 heterocycles. The van der Waals surface area contributed by atoms with Crippen LogP contribution in [0, 0.1) is 5.92 Å². The van der Waals surface area contributed by atoms with E-state index in [2.05, 4.69) is 10.6 Å². The van der Waals surface area contributed by atoms with E-state index in [1.54, 1.807) is 4.90 Å². The minimum absolute atomic E-state index is 0.0103. The minimum Gasteiger partial charge on any atom is -0.463 e. The summed E-state index contributed by atoms with van der Waals surface area (Å²) in [4.78, 5) is 53.1. The molecule has 0 aliphatic carbocycles. The Bertz CT molecular complexity index is 1300. The molecule has 0 aromatic heterocycles. The number of fused-ring (bicyclic) bond motifs is 1. The molecule has 0 bridgehead atoms. The van der Waals surface area contributed by atoms with Crippen LogP contribution in [0.5, 0.6) is 0 Å². The van der Waals surface area contributed by atoms with Gasteiger partial charge in [-0.1, -0.05) is 66.7 Å². The number of carbonyl (C=O) groups is 4. The maximum absolute atomic E-state index is 13.6. The van der Waals surface area contributed by atoms with Crippen LogP contribution in [0.1, 0.15) is 68.1 Å². The number of hydrogen-bond donors (Lipinski definition) is 3. The molecule has 3 N–H and O–H groups in total. The number of aliphatic hydroxyl groups is 1. The number of aliphatic hydroxyl groups excluding tert-OH is 1. The number of hydrogen-bond acceptors (Lipinski definition) is 7. The lowest BCUT2D eigenvalue weighted by molar-refractivity contribution is -0.145. The van der Waals surface area contributed by atoms with Crippen LogP contribution in [0.3, 0.4) is 0 Å². The predicted molar refractivity (Wildman–Crippen MR) is 169 cm³/mol. The number of allylic oxidation sites excluding steroid dienone is 2. The van der Waals surface area contributed by atoms with Gasteiger partial charge in [0, 0.05) is 25.9 Å². The first-order chi connectivity index (χ1) is 21.9. The van der Waals surface area contributed by atoms with Gasteiger partial charge in [-0.3, -0.25) is 14.4 Å². The predicted octanol–water partition coefficient (Wildman–Crippen LogP) is 4.19. The zero-order valence-corrected chi connectivity index (χ0v) is 25.8. The zero-order valence-electron chi connectivity index (χ0n) is 25.8. The topological polar surface area (TPSA) is 134 Å². The number of ether oxygens (including phenoxy) is 2. The Balaban J connectivity index is 1.31. The molecule has 242 valence electrons. The fourth-order valence-electron chi connectivity index (χ4n) is 5.66. The molecule has 45 heavy (non-hydrogen) atoms. The van der Waals surface area contributed by atoms with Gasteiger partial charge >= 0.3 is 12.1 Å². The molecule has 2 aliphatic heterocycles. The normalized spacial score (nSPS) is 20.8. The summed E-state index contributed by atoms with van der Waals surface area (Å²) < 4.78 is 10.7. The Kier molecular flexibility index (Phi) is 13.4. The van der Waals surface area contributed by atoms with Crippen molar-refractivity contribution in [3.05, 3.63) is 83.4 Å². The summed E-state index contributed by atoms with van der Waals surface area (Å²) in [7, 11) is 0. The molecule has 2 aliphatic rings. The Morgan fingerprint density at radius 3 is 2.60 bits per heavy atom.